The van der Waals surface area contributed by atoms with E-state index in [2.05, 4.69) is 9.72 Å². The van der Waals surface area contributed by atoms with Crippen molar-refractivity contribution in [2.75, 3.05) is 0 Å². The van der Waals surface area contributed by atoms with Crippen molar-refractivity contribution >= 4 is 22.6 Å². The monoisotopic (exact) mass is 396 g/mol. The van der Waals surface area contributed by atoms with E-state index in [1.807, 2.05) is 0 Å². The van der Waals surface area contributed by atoms with Crippen LogP contribution in [0.15, 0.2) is 6.07 Å². The number of hydrogen-bond acceptors (Lipinski definition) is 3. The van der Waals surface area contributed by atoms with Crippen molar-refractivity contribution in [1.29, 1.82) is 5.26 Å². The van der Waals surface area contributed by atoms with E-state index >= 15 is 0 Å². The van der Waals surface area contributed by atoms with Crippen LogP contribution in [-0.4, -0.2) is 11.3 Å². The molecule has 1 aromatic heterocycles. The SMILES string of the molecule is N#CCc1nc(OC(F)(F)F)c(I)cc1C(F)(F)F. The van der Waals surface area contributed by atoms with Crippen molar-refractivity contribution in [3.05, 3.63) is 20.9 Å². The molecule has 0 radical (unpaired) electrons. The molecule has 0 atom stereocenters. The molecule has 3 nitrogen and oxygen atoms in total. The second kappa shape index (κ2) is 5.40. The summed E-state index contributed by atoms with van der Waals surface area (Å²) in [5.41, 5.74) is -2.07. The van der Waals surface area contributed by atoms with Crippen LogP contribution in [0.3, 0.4) is 0 Å². The third-order valence-corrected chi connectivity index (χ3v) is 2.56. The van der Waals surface area contributed by atoms with Gasteiger partial charge in [0.25, 0.3) is 0 Å². The molecule has 1 heterocycles. The molecule has 1 rings (SSSR count). The maximum atomic E-state index is 12.6. The predicted octanol–water partition coefficient (Wildman–Crippen LogP) is 3.67. The predicted molar refractivity (Wildman–Crippen MR) is 58.0 cm³/mol. The van der Waals surface area contributed by atoms with Gasteiger partial charge in [-0.3, -0.25) is 0 Å². The molecule has 0 amide bonds. The van der Waals surface area contributed by atoms with Crippen LogP contribution in [0.4, 0.5) is 26.3 Å². The molecule has 0 spiro atoms. The van der Waals surface area contributed by atoms with Gasteiger partial charge < -0.3 is 4.74 Å². The number of halogens is 7. The fraction of sp³-hybridized carbons (Fsp3) is 0.333. The minimum absolute atomic E-state index is 0.455. The normalized spacial score (nSPS) is 12.1. The Morgan fingerprint density at radius 1 is 1.26 bits per heavy atom. The third kappa shape index (κ3) is 4.41. The molecule has 0 aromatic carbocycles. The molecule has 19 heavy (non-hydrogen) atoms. The summed E-state index contributed by atoms with van der Waals surface area (Å²) in [6, 6.07) is 1.86. The molecule has 0 unspecified atom stereocenters. The van der Waals surface area contributed by atoms with Crippen LogP contribution >= 0.6 is 22.6 Å². The van der Waals surface area contributed by atoms with Crippen LogP contribution < -0.4 is 4.74 Å². The molecule has 0 fully saturated rings. The van der Waals surface area contributed by atoms with Crippen LogP contribution in [-0.2, 0) is 12.6 Å². The Balaban J connectivity index is 3.33. The van der Waals surface area contributed by atoms with E-state index in [4.69, 9.17) is 5.26 Å². The second-order valence-corrected chi connectivity index (χ2v) is 4.31. The van der Waals surface area contributed by atoms with Crippen molar-refractivity contribution in [2.24, 2.45) is 0 Å². The molecule has 0 aliphatic heterocycles. The lowest BCUT2D eigenvalue weighted by Crippen LogP contribution is -2.20. The Kier molecular flexibility index (Phi) is 4.49. The Hall–Kier alpha value is -1.25. The highest BCUT2D eigenvalue weighted by Crippen LogP contribution is 2.36. The molecule has 0 aliphatic carbocycles. The molecule has 10 heteroatoms. The fourth-order valence-corrected chi connectivity index (χ4v) is 1.69. The highest BCUT2D eigenvalue weighted by molar-refractivity contribution is 14.1. The summed E-state index contributed by atoms with van der Waals surface area (Å²) in [7, 11) is 0. The van der Waals surface area contributed by atoms with Gasteiger partial charge in [0.05, 0.1) is 27.3 Å². The van der Waals surface area contributed by atoms with E-state index in [1.165, 1.54) is 28.7 Å². The summed E-state index contributed by atoms with van der Waals surface area (Å²) in [4.78, 5) is 3.12. The molecule has 104 valence electrons. The van der Waals surface area contributed by atoms with Gasteiger partial charge in [-0.15, -0.1) is 13.2 Å². The fourth-order valence-electron chi connectivity index (χ4n) is 1.14. The van der Waals surface area contributed by atoms with Crippen LogP contribution in [0.5, 0.6) is 5.88 Å². The van der Waals surface area contributed by atoms with E-state index in [0.717, 1.165) is 0 Å². The van der Waals surface area contributed by atoms with Gasteiger partial charge in [0.1, 0.15) is 0 Å². The zero-order valence-electron chi connectivity index (χ0n) is 8.73. The summed E-state index contributed by atoms with van der Waals surface area (Å²) in [5.74, 6) is -1.01. The first kappa shape index (κ1) is 15.8. The topological polar surface area (TPSA) is 45.9 Å². The Bertz CT molecular complexity index is 519. The van der Waals surface area contributed by atoms with E-state index in [0.29, 0.717) is 6.07 Å². The number of nitrogens with zero attached hydrogens (tertiary/aromatic N) is 2. The van der Waals surface area contributed by atoms with E-state index in [9.17, 15) is 26.3 Å². The highest BCUT2D eigenvalue weighted by Gasteiger charge is 2.37. The quantitative estimate of drug-likeness (QED) is 0.567. The van der Waals surface area contributed by atoms with Crippen LogP contribution in [0, 0.1) is 14.9 Å². The molecule has 0 saturated carbocycles. The number of pyridine rings is 1. The zero-order valence-corrected chi connectivity index (χ0v) is 10.9. The van der Waals surface area contributed by atoms with Gasteiger partial charge in [-0.2, -0.15) is 18.4 Å². The largest absolute Gasteiger partial charge is 0.574 e. The van der Waals surface area contributed by atoms with Gasteiger partial charge in [-0.05, 0) is 28.7 Å². The first-order valence-corrected chi connectivity index (χ1v) is 5.52. The lowest BCUT2D eigenvalue weighted by Gasteiger charge is -2.14. The minimum atomic E-state index is -5.07. The first-order chi connectivity index (χ1) is 8.54. The van der Waals surface area contributed by atoms with Crippen LogP contribution in [0.25, 0.3) is 0 Å². The van der Waals surface area contributed by atoms with Gasteiger partial charge in [-0.1, -0.05) is 0 Å². The van der Waals surface area contributed by atoms with Crippen molar-refractivity contribution in [3.8, 4) is 11.9 Å². The van der Waals surface area contributed by atoms with Gasteiger partial charge in [-0.25, -0.2) is 4.98 Å². The van der Waals surface area contributed by atoms with Crippen molar-refractivity contribution < 1.29 is 31.1 Å². The third-order valence-electron chi connectivity index (χ3n) is 1.79. The van der Waals surface area contributed by atoms with Crippen molar-refractivity contribution in [2.45, 2.75) is 19.0 Å². The number of rotatable bonds is 2. The number of nitriles is 1. The molecule has 0 N–H and O–H groups in total. The molecule has 0 aliphatic rings. The Labute approximate surface area is 116 Å². The molecular formula is C9H3F6IN2O. The lowest BCUT2D eigenvalue weighted by atomic mass is 10.1. The van der Waals surface area contributed by atoms with Gasteiger partial charge in [0, 0.05) is 0 Å². The summed E-state index contributed by atoms with van der Waals surface area (Å²) >= 11 is 1.24. The maximum Gasteiger partial charge on any atom is 0.574 e. The average molecular weight is 396 g/mol. The lowest BCUT2D eigenvalue weighted by molar-refractivity contribution is -0.276. The Morgan fingerprint density at radius 2 is 1.84 bits per heavy atom. The van der Waals surface area contributed by atoms with Crippen molar-refractivity contribution in [1.82, 2.24) is 4.98 Å². The smallest absolute Gasteiger partial charge is 0.387 e. The summed E-state index contributed by atoms with van der Waals surface area (Å²) in [6.07, 6.45) is -10.7. The number of alkyl halides is 6. The maximum absolute atomic E-state index is 12.6. The minimum Gasteiger partial charge on any atom is -0.387 e. The summed E-state index contributed by atoms with van der Waals surface area (Å²) < 4.78 is 76.9. The highest BCUT2D eigenvalue weighted by atomic mass is 127. The Morgan fingerprint density at radius 3 is 2.26 bits per heavy atom. The van der Waals surface area contributed by atoms with Gasteiger partial charge in [0.15, 0.2) is 0 Å². The number of ether oxygens (including phenoxy) is 1. The summed E-state index contributed by atoms with van der Waals surface area (Å²) in [6.45, 7) is 0. The standard InChI is InChI=1S/C9H3F6IN2O/c10-8(11,12)4-3-5(16)7(19-9(13,14)15)18-6(4)1-2-17/h3H,1H2. The van der Waals surface area contributed by atoms with E-state index in [1.54, 1.807) is 0 Å². The first-order valence-electron chi connectivity index (χ1n) is 4.44. The zero-order chi connectivity index (χ0) is 14.8. The summed E-state index contributed by atoms with van der Waals surface area (Å²) in [5, 5.41) is 8.38. The van der Waals surface area contributed by atoms with Gasteiger partial charge >= 0.3 is 12.5 Å². The molecular weight excluding hydrogens is 393 g/mol. The second-order valence-electron chi connectivity index (χ2n) is 3.15. The molecule has 0 saturated heterocycles. The number of aromatic nitrogens is 1. The van der Waals surface area contributed by atoms with Gasteiger partial charge in [0.2, 0.25) is 5.88 Å². The van der Waals surface area contributed by atoms with E-state index in [-0.39, 0.29) is 0 Å². The van der Waals surface area contributed by atoms with Crippen LogP contribution in [0.1, 0.15) is 11.3 Å². The average Bonchev–Trinajstić information content (AvgIpc) is 2.19. The molecule has 1 aromatic rings. The van der Waals surface area contributed by atoms with E-state index < -0.39 is 39.7 Å². The van der Waals surface area contributed by atoms with Crippen molar-refractivity contribution in [3.63, 3.8) is 0 Å². The van der Waals surface area contributed by atoms with Crippen LogP contribution in [0.2, 0.25) is 0 Å². The molecule has 0 bridgehead atoms. The number of hydrogen-bond donors (Lipinski definition) is 0.